The number of benzene rings is 1. The number of hydrogen-bond acceptors (Lipinski definition) is 7. The largest absolute Gasteiger partial charge is 0.481 e. The lowest BCUT2D eigenvalue weighted by Crippen LogP contribution is -2.27. The molecule has 0 fully saturated rings. The van der Waals surface area contributed by atoms with Gasteiger partial charge in [0, 0.05) is 12.6 Å². The number of thiocarbonyl (C=S) groups is 1. The fourth-order valence-electron chi connectivity index (χ4n) is 1.62. The van der Waals surface area contributed by atoms with E-state index in [4.69, 9.17) is 32.2 Å². The Kier molecular flexibility index (Phi) is 5.85. The molecule has 0 aliphatic rings. The molecule has 0 radical (unpaired) electrons. The molecule has 2 N–H and O–H groups in total. The molecule has 0 saturated heterocycles. The summed E-state index contributed by atoms with van der Waals surface area (Å²) in [6.45, 7) is 0. The summed E-state index contributed by atoms with van der Waals surface area (Å²) in [5.74, 6) is 1.17. The molecule has 0 aliphatic heterocycles. The molecular formula is C15H17N5O3S. The number of para-hydroxylation sites is 1. The summed E-state index contributed by atoms with van der Waals surface area (Å²) in [6.07, 6.45) is 1.58. The fraction of sp³-hybridized carbons (Fsp3) is 0.200. The monoisotopic (exact) mass is 347 g/mol. The molecule has 1 aromatic carbocycles. The molecule has 0 atom stereocenters. The van der Waals surface area contributed by atoms with Crippen molar-refractivity contribution >= 4 is 23.5 Å². The molecule has 0 unspecified atom stereocenters. The second-order valence-corrected chi connectivity index (χ2v) is 4.90. The molecule has 1 aromatic heterocycles. The molecule has 0 bridgehead atoms. The number of aromatic nitrogens is 2. The van der Waals surface area contributed by atoms with Crippen LogP contribution in [0.4, 0.5) is 0 Å². The minimum atomic E-state index is 0.0924. The van der Waals surface area contributed by atoms with Crippen LogP contribution in [0.5, 0.6) is 23.5 Å². The Morgan fingerprint density at radius 3 is 2.42 bits per heavy atom. The third-order valence-corrected chi connectivity index (χ3v) is 3.15. The minimum Gasteiger partial charge on any atom is -0.481 e. The highest BCUT2D eigenvalue weighted by Crippen LogP contribution is 2.25. The van der Waals surface area contributed by atoms with Crippen LogP contribution in [-0.4, -0.2) is 47.6 Å². The lowest BCUT2D eigenvalue weighted by Gasteiger charge is -2.11. The van der Waals surface area contributed by atoms with E-state index in [2.05, 4.69) is 15.1 Å². The van der Waals surface area contributed by atoms with Gasteiger partial charge in [0.05, 0.1) is 26.5 Å². The van der Waals surface area contributed by atoms with E-state index in [0.29, 0.717) is 23.1 Å². The molecule has 24 heavy (non-hydrogen) atoms. The van der Waals surface area contributed by atoms with E-state index in [1.54, 1.807) is 25.4 Å². The topological polar surface area (TPSA) is 95.1 Å². The Hall–Kier alpha value is -2.94. The van der Waals surface area contributed by atoms with Crippen molar-refractivity contribution in [1.29, 1.82) is 0 Å². The maximum Gasteiger partial charge on any atom is 0.328 e. The van der Waals surface area contributed by atoms with E-state index in [1.165, 1.54) is 19.2 Å². The quantitative estimate of drug-likeness (QED) is 0.480. The Labute approximate surface area is 144 Å². The first-order chi connectivity index (χ1) is 11.5. The molecule has 2 aromatic rings. The van der Waals surface area contributed by atoms with E-state index >= 15 is 0 Å². The van der Waals surface area contributed by atoms with Crippen LogP contribution in [0.3, 0.4) is 0 Å². The van der Waals surface area contributed by atoms with Crippen LogP contribution in [0.1, 0.15) is 5.56 Å². The predicted octanol–water partition coefficient (Wildman–Crippen LogP) is 1.80. The predicted molar refractivity (Wildman–Crippen MR) is 93.8 cm³/mol. The van der Waals surface area contributed by atoms with Crippen molar-refractivity contribution in [3.05, 3.63) is 35.9 Å². The summed E-state index contributed by atoms with van der Waals surface area (Å²) in [5, 5.41) is 5.67. The summed E-state index contributed by atoms with van der Waals surface area (Å²) in [4.78, 5) is 8.26. The fourth-order valence-corrected chi connectivity index (χ4v) is 1.67. The summed E-state index contributed by atoms with van der Waals surface area (Å²) >= 11 is 4.84. The van der Waals surface area contributed by atoms with Crippen molar-refractivity contribution in [3.63, 3.8) is 0 Å². The third-order valence-electron chi connectivity index (χ3n) is 2.89. The Bertz CT molecular complexity index is 731. The van der Waals surface area contributed by atoms with Crippen LogP contribution < -0.4 is 19.9 Å². The molecule has 0 spiro atoms. The van der Waals surface area contributed by atoms with Gasteiger partial charge in [-0.3, -0.25) is 0 Å². The molecule has 9 heteroatoms. The number of ether oxygens (including phenoxy) is 3. The number of hydrogen-bond donors (Lipinski definition) is 1. The molecule has 126 valence electrons. The summed E-state index contributed by atoms with van der Waals surface area (Å²) in [6, 6.07) is 8.90. The Morgan fingerprint density at radius 1 is 1.21 bits per heavy atom. The second kappa shape index (κ2) is 8.06. The highest BCUT2D eigenvalue weighted by atomic mass is 32.1. The van der Waals surface area contributed by atoms with Gasteiger partial charge in [-0.2, -0.15) is 15.1 Å². The van der Waals surface area contributed by atoms with Gasteiger partial charge in [-0.1, -0.05) is 12.1 Å². The maximum absolute atomic E-state index is 5.73. The first kappa shape index (κ1) is 17.4. The van der Waals surface area contributed by atoms with Gasteiger partial charge in [0.15, 0.2) is 5.11 Å². The van der Waals surface area contributed by atoms with Crippen LogP contribution in [0, 0.1) is 0 Å². The minimum absolute atomic E-state index is 0.0924. The Balaban J connectivity index is 2.29. The van der Waals surface area contributed by atoms with Crippen molar-refractivity contribution in [2.45, 2.75) is 0 Å². The van der Waals surface area contributed by atoms with Gasteiger partial charge in [0.25, 0.3) is 0 Å². The molecule has 1 heterocycles. The molecule has 0 amide bonds. The van der Waals surface area contributed by atoms with E-state index in [0.717, 1.165) is 0 Å². The molecule has 0 saturated carbocycles. The lowest BCUT2D eigenvalue weighted by atomic mass is 10.2. The van der Waals surface area contributed by atoms with Crippen LogP contribution in [0.2, 0.25) is 0 Å². The zero-order valence-corrected chi connectivity index (χ0v) is 14.3. The molecule has 8 nitrogen and oxygen atoms in total. The molecular weight excluding hydrogens is 330 g/mol. The normalized spacial score (nSPS) is 10.5. The van der Waals surface area contributed by atoms with Gasteiger partial charge in [-0.25, -0.2) is 5.01 Å². The van der Waals surface area contributed by atoms with Crippen molar-refractivity contribution in [2.24, 2.45) is 10.8 Å². The van der Waals surface area contributed by atoms with Crippen LogP contribution in [0.25, 0.3) is 0 Å². The Morgan fingerprint density at radius 2 is 1.83 bits per heavy atom. The molecule has 0 aliphatic carbocycles. The number of nitrogens with two attached hydrogens (primary N) is 1. The van der Waals surface area contributed by atoms with Crippen molar-refractivity contribution in [1.82, 2.24) is 15.0 Å². The van der Waals surface area contributed by atoms with Gasteiger partial charge >= 0.3 is 6.01 Å². The average molecular weight is 347 g/mol. The summed E-state index contributed by atoms with van der Waals surface area (Å²) in [5.41, 5.74) is 6.19. The lowest BCUT2D eigenvalue weighted by molar-refractivity contribution is 0.348. The standard InChI is InChI=1S/C15H17N5O3S/c1-20(14(16)24)17-9-10-6-4-5-7-11(10)23-15-18-12(21-2)8-13(19-15)22-3/h4-9H,1-3H3,(H2,16,24). The third kappa shape index (κ3) is 4.53. The zero-order valence-electron chi connectivity index (χ0n) is 13.5. The van der Waals surface area contributed by atoms with Crippen molar-refractivity contribution < 1.29 is 14.2 Å². The van der Waals surface area contributed by atoms with Crippen LogP contribution in [-0.2, 0) is 0 Å². The van der Waals surface area contributed by atoms with Gasteiger partial charge in [-0.15, -0.1) is 0 Å². The first-order valence-corrected chi connectivity index (χ1v) is 7.25. The average Bonchev–Trinajstić information content (AvgIpc) is 2.60. The highest BCUT2D eigenvalue weighted by molar-refractivity contribution is 7.80. The summed E-state index contributed by atoms with van der Waals surface area (Å²) < 4.78 is 15.9. The van der Waals surface area contributed by atoms with Gasteiger partial charge in [-0.05, 0) is 24.4 Å². The number of methoxy groups -OCH3 is 2. The smallest absolute Gasteiger partial charge is 0.328 e. The van der Waals surface area contributed by atoms with E-state index in [1.807, 2.05) is 18.2 Å². The van der Waals surface area contributed by atoms with Crippen molar-refractivity contribution in [3.8, 4) is 23.5 Å². The first-order valence-electron chi connectivity index (χ1n) is 6.84. The zero-order chi connectivity index (χ0) is 17.5. The number of hydrazone groups is 1. The van der Waals surface area contributed by atoms with Gasteiger partial charge in [0.2, 0.25) is 11.8 Å². The maximum atomic E-state index is 5.73. The van der Waals surface area contributed by atoms with E-state index in [-0.39, 0.29) is 11.1 Å². The number of rotatable bonds is 6. The number of nitrogens with zero attached hydrogens (tertiary/aromatic N) is 4. The van der Waals surface area contributed by atoms with Crippen LogP contribution in [0.15, 0.2) is 35.4 Å². The van der Waals surface area contributed by atoms with Gasteiger partial charge < -0.3 is 19.9 Å². The van der Waals surface area contributed by atoms with Crippen molar-refractivity contribution in [2.75, 3.05) is 21.3 Å². The summed E-state index contributed by atoms with van der Waals surface area (Å²) in [7, 11) is 4.65. The van der Waals surface area contributed by atoms with E-state index < -0.39 is 0 Å². The SMILES string of the molecule is COc1cc(OC)nc(Oc2ccccc2C=NN(C)C(N)=S)n1. The van der Waals surface area contributed by atoms with E-state index in [9.17, 15) is 0 Å². The van der Waals surface area contributed by atoms with Gasteiger partial charge in [0.1, 0.15) is 5.75 Å². The second-order valence-electron chi connectivity index (χ2n) is 4.48. The molecule has 2 rings (SSSR count). The van der Waals surface area contributed by atoms with Crippen LogP contribution >= 0.6 is 12.2 Å². The highest BCUT2D eigenvalue weighted by Gasteiger charge is 2.10.